The molecule has 1 atom stereocenters. The highest BCUT2D eigenvalue weighted by Crippen LogP contribution is 2.27. The van der Waals surface area contributed by atoms with Crippen molar-refractivity contribution in [2.75, 3.05) is 5.73 Å². The minimum Gasteiger partial charge on any atom is -0.490 e. The van der Waals surface area contributed by atoms with Gasteiger partial charge in [0, 0.05) is 0 Å². The molecule has 0 radical (unpaired) electrons. The van der Waals surface area contributed by atoms with E-state index in [2.05, 4.69) is 9.97 Å². The molecule has 9 heteroatoms. The number of nitrogens with zero attached hydrogens (tertiary/aromatic N) is 3. The third-order valence-electron chi connectivity index (χ3n) is 2.53. The van der Waals surface area contributed by atoms with Gasteiger partial charge >= 0.3 is 5.69 Å². The first-order valence-electron chi connectivity index (χ1n) is 5.32. The van der Waals surface area contributed by atoms with Crippen LogP contribution in [0.1, 0.15) is 23.3 Å². The van der Waals surface area contributed by atoms with Gasteiger partial charge in [-0.3, -0.25) is 14.9 Å². The molecule has 0 saturated heterocycles. The molecule has 19 heavy (non-hydrogen) atoms. The third-order valence-corrected chi connectivity index (χ3v) is 2.70. The molecular formula is C10H9ClN4O4. The van der Waals surface area contributed by atoms with Crippen LogP contribution in [-0.4, -0.2) is 26.8 Å². The molecule has 1 aliphatic rings. The number of carbonyl (C=O) groups is 1. The smallest absolute Gasteiger partial charge is 0.340 e. The van der Waals surface area contributed by atoms with E-state index in [0.717, 1.165) is 0 Å². The topological polar surface area (TPSA) is 121 Å². The lowest BCUT2D eigenvalue weighted by Crippen LogP contribution is -2.26. The lowest BCUT2D eigenvalue weighted by atomic mass is 10.0. The first kappa shape index (κ1) is 13.2. The van der Waals surface area contributed by atoms with Gasteiger partial charge in [0.25, 0.3) is 0 Å². The molecule has 1 aromatic rings. The Labute approximate surface area is 112 Å². The Morgan fingerprint density at radius 2 is 2.32 bits per heavy atom. The number of Topliss-reactive ketones (excluding diaryl/α,β-unsaturated/α-hetero) is 1. The Balaban J connectivity index is 2.45. The van der Waals surface area contributed by atoms with Gasteiger partial charge in [-0.05, 0) is 30.5 Å². The third kappa shape index (κ3) is 2.63. The summed E-state index contributed by atoms with van der Waals surface area (Å²) < 4.78 is 5.11. The molecule has 100 valence electrons. The second-order valence-corrected chi connectivity index (χ2v) is 4.11. The molecule has 0 aromatic carbocycles. The van der Waals surface area contributed by atoms with Gasteiger partial charge in [-0.2, -0.15) is 4.98 Å². The van der Waals surface area contributed by atoms with Gasteiger partial charge in [0.1, 0.15) is 0 Å². The molecular weight excluding hydrogens is 276 g/mol. The van der Waals surface area contributed by atoms with E-state index in [-0.39, 0.29) is 5.28 Å². The lowest BCUT2D eigenvalue weighted by molar-refractivity contribution is -0.384. The minimum atomic E-state index is -0.825. The molecule has 2 heterocycles. The van der Waals surface area contributed by atoms with Crippen molar-refractivity contribution in [3.63, 3.8) is 0 Å². The van der Waals surface area contributed by atoms with Crippen LogP contribution in [0.5, 0.6) is 0 Å². The van der Waals surface area contributed by atoms with Crippen LogP contribution >= 0.6 is 11.6 Å². The molecule has 1 unspecified atom stereocenters. The molecule has 1 aromatic heterocycles. The first-order chi connectivity index (χ1) is 9.00. The van der Waals surface area contributed by atoms with Crippen LogP contribution < -0.4 is 5.73 Å². The summed E-state index contributed by atoms with van der Waals surface area (Å²) in [6, 6.07) is 0. The number of nitro groups is 1. The Bertz CT molecular complexity index is 575. The highest BCUT2D eigenvalue weighted by atomic mass is 35.5. The van der Waals surface area contributed by atoms with E-state index in [0.29, 0.717) is 12.8 Å². The summed E-state index contributed by atoms with van der Waals surface area (Å²) in [6.45, 7) is 0. The molecule has 8 nitrogen and oxygen atoms in total. The summed E-state index contributed by atoms with van der Waals surface area (Å²) in [5.41, 5.74) is 4.33. The maximum Gasteiger partial charge on any atom is 0.340 e. The van der Waals surface area contributed by atoms with E-state index in [9.17, 15) is 14.9 Å². The van der Waals surface area contributed by atoms with Gasteiger partial charge in [-0.15, -0.1) is 0 Å². The van der Waals surface area contributed by atoms with Gasteiger partial charge < -0.3 is 10.5 Å². The van der Waals surface area contributed by atoms with Crippen LogP contribution in [0.4, 0.5) is 11.5 Å². The van der Waals surface area contributed by atoms with Gasteiger partial charge in [-0.25, -0.2) is 4.98 Å². The number of nitrogen functional groups attached to an aromatic ring is 1. The zero-order chi connectivity index (χ0) is 14.0. The number of halogens is 1. The van der Waals surface area contributed by atoms with Crippen LogP contribution in [0, 0.1) is 10.1 Å². The van der Waals surface area contributed by atoms with Gasteiger partial charge in [0.2, 0.25) is 16.9 Å². The number of allylic oxidation sites excluding steroid dienone is 1. The maximum atomic E-state index is 12.2. The zero-order valence-electron chi connectivity index (χ0n) is 9.58. The van der Waals surface area contributed by atoms with Crippen LogP contribution in [0.15, 0.2) is 12.3 Å². The highest BCUT2D eigenvalue weighted by molar-refractivity contribution is 6.28. The van der Waals surface area contributed by atoms with Crippen LogP contribution in [-0.2, 0) is 4.74 Å². The molecule has 0 fully saturated rings. The van der Waals surface area contributed by atoms with Crippen molar-refractivity contribution in [3.8, 4) is 0 Å². The molecule has 0 bridgehead atoms. The summed E-state index contributed by atoms with van der Waals surface area (Å²) >= 11 is 5.58. The lowest BCUT2D eigenvalue weighted by Gasteiger charge is -2.17. The average Bonchev–Trinajstić information content (AvgIpc) is 2.37. The Morgan fingerprint density at radius 3 is 2.89 bits per heavy atom. The number of hydrogen-bond donors (Lipinski definition) is 1. The summed E-state index contributed by atoms with van der Waals surface area (Å²) in [5, 5.41) is 10.6. The van der Waals surface area contributed by atoms with Crippen LogP contribution in [0.2, 0.25) is 5.28 Å². The molecule has 2 N–H and O–H groups in total. The van der Waals surface area contributed by atoms with E-state index in [1.54, 1.807) is 6.08 Å². The highest BCUT2D eigenvalue weighted by Gasteiger charge is 2.33. The van der Waals surface area contributed by atoms with E-state index in [1.807, 2.05) is 0 Å². The van der Waals surface area contributed by atoms with E-state index >= 15 is 0 Å². The molecule has 1 aliphatic heterocycles. The Hall–Kier alpha value is -2.22. The fourth-order valence-electron chi connectivity index (χ4n) is 1.68. The molecule has 0 aliphatic carbocycles. The number of anilines is 1. The fourth-order valence-corrected chi connectivity index (χ4v) is 1.85. The van der Waals surface area contributed by atoms with Crippen molar-refractivity contribution in [2.45, 2.75) is 18.9 Å². The SMILES string of the molecule is Nc1nc(Cl)nc(C(=O)C2CCC=CO2)c1[N+](=O)[O-]. The largest absolute Gasteiger partial charge is 0.490 e. The molecule has 0 saturated carbocycles. The number of rotatable bonds is 3. The quantitative estimate of drug-likeness (QED) is 0.386. The molecule has 2 rings (SSSR count). The normalized spacial score (nSPS) is 17.8. The summed E-state index contributed by atoms with van der Waals surface area (Å²) in [6.07, 6.45) is 3.35. The van der Waals surface area contributed by atoms with E-state index in [1.165, 1.54) is 6.26 Å². The number of ether oxygens (including phenoxy) is 1. The first-order valence-corrected chi connectivity index (χ1v) is 5.70. The van der Waals surface area contributed by atoms with Crippen molar-refractivity contribution >= 4 is 28.9 Å². The second-order valence-electron chi connectivity index (χ2n) is 3.77. The monoisotopic (exact) mass is 284 g/mol. The second kappa shape index (κ2) is 5.19. The maximum absolute atomic E-state index is 12.2. The Kier molecular flexibility index (Phi) is 3.61. The van der Waals surface area contributed by atoms with Crippen LogP contribution in [0.3, 0.4) is 0 Å². The number of nitrogens with two attached hydrogens (primary N) is 1. The van der Waals surface area contributed by atoms with Crippen molar-refractivity contribution in [1.29, 1.82) is 0 Å². The average molecular weight is 285 g/mol. The standard InChI is InChI=1S/C10H9ClN4O4/c11-10-13-6(7(15(17)18)9(12)14-10)8(16)5-3-1-2-4-19-5/h2,4-5H,1,3H2,(H2,12,13,14). The number of ketones is 1. The summed E-state index contributed by atoms with van der Waals surface area (Å²) in [7, 11) is 0. The molecule has 0 amide bonds. The number of carbonyl (C=O) groups excluding carboxylic acids is 1. The summed E-state index contributed by atoms with van der Waals surface area (Å²) in [5.74, 6) is -1.08. The van der Waals surface area contributed by atoms with Crippen molar-refractivity contribution in [2.24, 2.45) is 0 Å². The van der Waals surface area contributed by atoms with E-state index < -0.39 is 34.0 Å². The predicted octanol–water partition coefficient (Wildman–Crippen LogP) is 1.50. The number of aromatic nitrogens is 2. The summed E-state index contributed by atoms with van der Waals surface area (Å²) in [4.78, 5) is 29.4. The van der Waals surface area contributed by atoms with Crippen molar-refractivity contribution in [3.05, 3.63) is 33.4 Å². The van der Waals surface area contributed by atoms with Crippen molar-refractivity contribution in [1.82, 2.24) is 9.97 Å². The molecule has 0 spiro atoms. The fraction of sp³-hybridized carbons (Fsp3) is 0.300. The minimum absolute atomic E-state index is 0.321. The van der Waals surface area contributed by atoms with Crippen molar-refractivity contribution < 1.29 is 14.5 Å². The Morgan fingerprint density at radius 1 is 1.58 bits per heavy atom. The van der Waals surface area contributed by atoms with Gasteiger partial charge in [0.15, 0.2) is 11.8 Å². The predicted molar refractivity (Wildman–Crippen MR) is 65.7 cm³/mol. The van der Waals surface area contributed by atoms with E-state index in [4.69, 9.17) is 22.1 Å². The van der Waals surface area contributed by atoms with Crippen LogP contribution in [0.25, 0.3) is 0 Å². The van der Waals surface area contributed by atoms with Gasteiger partial charge in [-0.1, -0.05) is 0 Å². The zero-order valence-corrected chi connectivity index (χ0v) is 10.3. The van der Waals surface area contributed by atoms with Gasteiger partial charge in [0.05, 0.1) is 11.2 Å². The number of hydrogen-bond acceptors (Lipinski definition) is 7.